The lowest BCUT2D eigenvalue weighted by Crippen LogP contribution is -2.44. The van der Waals surface area contributed by atoms with Crippen molar-refractivity contribution in [2.75, 3.05) is 0 Å². The second-order valence-electron chi connectivity index (χ2n) is 6.94. The molecule has 1 spiro atoms. The Balaban J connectivity index is 1.50. The molecule has 1 saturated heterocycles. The third-order valence-electron chi connectivity index (χ3n) is 5.66. The van der Waals surface area contributed by atoms with E-state index in [2.05, 4.69) is 30.9 Å². The second kappa shape index (κ2) is 4.57. The smallest absolute Gasteiger partial charge is 0.220 e. The zero-order chi connectivity index (χ0) is 15.4. The Morgan fingerprint density at radius 2 is 2.09 bits per heavy atom. The third-order valence-corrected chi connectivity index (χ3v) is 5.66. The number of aromatic amines is 1. The van der Waals surface area contributed by atoms with Crippen LogP contribution in [0.2, 0.25) is 0 Å². The molecule has 3 aromatic heterocycles. The van der Waals surface area contributed by atoms with E-state index in [0.29, 0.717) is 12.5 Å². The Morgan fingerprint density at radius 1 is 1.22 bits per heavy atom. The van der Waals surface area contributed by atoms with Gasteiger partial charge in [-0.15, -0.1) is 0 Å². The van der Waals surface area contributed by atoms with Crippen molar-refractivity contribution in [2.24, 2.45) is 0 Å². The number of rotatable bonds is 1. The topological polar surface area (TPSA) is 75.6 Å². The van der Waals surface area contributed by atoms with Gasteiger partial charge < -0.3 is 14.9 Å². The lowest BCUT2D eigenvalue weighted by Gasteiger charge is -2.37. The lowest BCUT2D eigenvalue weighted by molar-refractivity contribution is -0.120. The molecule has 6 heteroatoms. The molecule has 1 aliphatic heterocycles. The molecule has 23 heavy (non-hydrogen) atoms. The molecule has 6 nitrogen and oxygen atoms in total. The number of nitrogens with zero attached hydrogens (tertiary/aromatic N) is 3. The summed E-state index contributed by atoms with van der Waals surface area (Å²) in [5.74, 6) is 0.219. The zero-order valence-corrected chi connectivity index (χ0v) is 12.9. The first-order valence-electron chi connectivity index (χ1n) is 8.34. The molecule has 2 N–H and O–H groups in total. The summed E-state index contributed by atoms with van der Waals surface area (Å²) in [7, 11) is 0. The number of carbonyl (C=O) groups excluding carboxylic acids is 1. The van der Waals surface area contributed by atoms with Crippen LogP contribution in [-0.4, -0.2) is 31.0 Å². The average molecular weight is 309 g/mol. The number of fused-ring (bicyclic) bond motifs is 3. The maximum absolute atomic E-state index is 11.6. The highest BCUT2D eigenvalue weighted by molar-refractivity contribution is 6.00. The molecule has 0 atom stereocenters. The summed E-state index contributed by atoms with van der Waals surface area (Å²) in [6, 6.07) is 2.52. The molecule has 118 valence electrons. The fraction of sp³-hybridized carbons (Fsp3) is 0.471. The molecule has 0 unspecified atom stereocenters. The van der Waals surface area contributed by atoms with E-state index in [1.165, 1.54) is 5.52 Å². The van der Waals surface area contributed by atoms with Crippen LogP contribution in [0, 0.1) is 0 Å². The Bertz CT molecular complexity index is 900. The number of pyridine rings is 1. The van der Waals surface area contributed by atoms with Gasteiger partial charge in [0.15, 0.2) is 0 Å². The highest BCUT2D eigenvalue weighted by Crippen LogP contribution is 2.41. The number of H-pyrrole nitrogens is 1. The molecule has 2 aliphatic rings. The van der Waals surface area contributed by atoms with Crippen molar-refractivity contribution in [3.05, 3.63) is 24.8 Å². The molecule has 0 bridgehead atoms. The van der Waals surface area contributed by atoms with Crippen molar-refractivity contribution < 1.29 is 4.79 Å². The van der Waals surface area contributed by atoms with Gasteiger partial charge in [-0.05, 0) is 38.2 Å². The van der Waals surface area contributed by atoms with Crippen LogP contribution in [-0.2, 0) is 4.79 Å². The SMILES string of the molecule is O=C1CCC2(CCC(n3cnc4cnc5[nH]ccc5c43)CC2)N1. The summed E-state index contributed by atoms with van der Waals surface area (Å²) in [6.45, 7) is 0. The van der Waals surface area contributed by atoms with Crippen molar-refractivity contribution in [1.82, 2.24) is 24.8 Å². The van der Waals surface area contributed by atoms with Gasteiger partial charge in [-0.3, -0.25) is 4.79 Å². The molecule has 0 aromatic carbocycles. The Kier molecular flexibility index (Phi) is 2.60. The van der Waals surface area contributed by atoms with E-state index in [0.717, 1.165) is 48.7 Å². The number of imidazole rings is 1. The zero-order valence-electron chi connectivity index (χ0n) is 12.9. The third kappa shape index (κ3) is 1.90. The molecular weight excluding hydrogens is 290 g/mol. The highest BCUT2D eigenvalue weighted by atomic mass is 16.2. The standard InChI is InChI=1S/C17H19N5O/c23-14-3-7-17(21-14)5-1-11(2-6-17)22-10-20-13-9-19-16-12(15(13)22)4-8-18-16/h4,8-11H,1-3,5-7H2,(H,18,19)(H,21,23). The van der Waals surface area contributed by atoms with Gasteiger partial charge in [0.1, 0.15) is 11.2 Å². The minimum atomic E-state index is 0.0644. The maximum atomic E-state index is 11.6. The molecule has 4 heterocycles. The van der Waals surface area contributed by atoms with E-state index in [-0.39, 0.29) is 11.4 Å². The maximum Gasteiger partial charge on any atom is 0.220 e. The van der Waals surface area contributed by atoms with Crippen LogP contribution >= 0.6 is 0 Å². The van der Waals surface area contributed by atoms with Gasteiger partial charge in [-0.2, -0.15) is 0 Å². The largest absolute Gasteiger partial charge is 0.351 e. The summed E-state index contributed by atoms with van der Waals surface area (Å²) in [4.78, 5) is 23.7. The fourth-order valence-corrected chi connectivity index (χ4v) is 4.39. The Labute approximate surface area is 133 Å². The number of aromatic nitrogens is 4. The van der Waals surface area contributed by atoms with Crippen LogP contribution in [0.15, 0.2) is 24.8 Å². The van der Waals surface area contributed by atoms with E-state index in [1.807, 2.05) is 18.7 Å². The van der Waals surface area contributed by atoms with E-state index in [9.17, 15) is 4.79 Å². The fourth-order valence-electron chi connectivity index (χ4n) is 4.39. The van der Waals surface area contributed by atoms with Gasteiger partial charge in [0, 0.05) is 29.6 Å². The quantitative estimate of drug-likeness (QED) is 0.725. The number of carbonyl (C=O) groups is 1. The van der Waals surface area contributed by atoms with E-state index >= 15 is 0 Å². The first-order chi connectivity index (χ1) is 11.2. The summed E-state index contributed by atoms with van der Waals surface area (Å²) < 4.78 is 2.32. The number of amides is 1. The molecule has 2 fully saturated rings. The van der Waals surface area contributed by atoms with Crippen molar-refractivity contribution in [3.8, 4) is 0 Å². The van der Waals surface area contributed by atoms with E-state index in [4.69, 9.17) is 0 Å². The summed E-state index contributed by atoms with van der Waals surface area (Å²) in [6.07, 6.45) is 11.7. The van der Waals surface area contributed by atoms with Crippen LogP contribution in [0.25, 0.3) is 22.1 Å². The second-order valence-corrected chi connectivity index (χ2v) is 6.94. The van der Waals surface area contributed by atoms with E-state index in [1.54, 1.807) is 0 Å². The Hall–Kier alpha value is -2.37. The molecule has 5 rings (SSSR count). The monoisotopic (exact) mass is 309 g/mol. The predicted octanol–water partition coefficient (Wildman–Crippen LogP) is 2.68. The summed E-state index contributed by atoms with van der Waals surface area (Å²) in [5.41, 5.74) is 3.10. The number of hydrogen-bond acceptors (Lipinski definition) is 3. The summed E-state index contributed by atoms with van der Waals surface area (Å²) in [5, 5.41) is 4.35. The minimum Gasteiger partial charge on any atom is -0.351 e. The van der Waals surface area contributed by atoms with Crippen molar-refractivity contribution in [2.45, 2.75) is 50.1 Å². The minimum absolute atomic E-state index is 0.0644. The van der Waals surface area contributed by atoms with Crippen LogP contribution in [0.3, 0.4) is 0 Å². The molecule has 1 amide bonds. The lowest BCUT2D eigenvalue weighted by atomic mass is 9.78. The number of hydrogen-bond donors (Lipinski definition) is 2. The molecular formula is C17H19N5O. The van der Waals surface area contributed by atoms with Crippen LogP contribution < -0.4 is 5.32 Å². The van der Waals surface area contributed by atoms with Crippen LogP contribution in [0.1, 0.15) is 44.6 Å². The van der Waals surface area contributed by atoms with Gasteiger partial charge in [0.2, 0.25) is 5.91 Å². The van der Waals surface area contributed by atoms with Crippen molar-refractivity contribution in [1.29, 1.82) is 0 Å². The number of nitrogens with one attached hydrogen (secondary N) is 2. The molecule has 0 radical (unpaired) electrons. The van der Waals surface area contributed by atoms with E-state index < -0.39 is 0 Å². The normalized spacial score (nSPS) is 28.0. The van der Waals surface area contributed by atoms with Crippen LogP contribution in [0.5, 0.6) is 0 Å². The molecule has 3 aromatic rings. The summed E-state index contributed by atoms with van der Waals surface area (Å²) >= 11 is 0. The highest BCUT2D eigenvalue weighted by Gasteiger charge is 2.41. The van der Waals surface area contributed by atoms with Gasteiger partial charge in [-0.25, -0.2) is 9.97 Å². The van der Waals surface area contributed by atoms with Gasteiger partial charge in [0.05, 0.1) is 18.0 Å². The average Bonchev–Trinajstić information content (AvgIpc) is 3.26. The predicted molar refractivity (Wildman–Crippen MR) is 87.0 cm³/mol. The Morgan fingerprint density at radius 3 is 2.87 bits per heavy atom. The van der Waals surface area contributed by atoms with Gasteiger partial charge in [-0.1, -0.05) is 0 Å². The van der Waals surface area contributed by atoms with Crippen LogP contribution in [0.4, 0.5) is 0 Å². The van der Waals surface area contributed by atoms with Crippen molar-refractivity contribution in [3.63, 3.8) is 0 Å². The van der Waals surface area contributed by atoms with Gasteiger partial charge in [0.25, 0.3) is 0 Å². The van der Waals surface area contributed by atoms with Gasteiger partial charge >= 0.3 is 0 Å². The molecule has 1 aliphatic carbocycles. The van der Waals surface area contributed by atoms with Crippen molar-refractivity contribution >= 4 is 28.0 Å². The first kappa shape index (κ1) is 13.1. The first-order valence-corrected chi connectivity index (χ1v) is 8.34. The molecule has 1 saturated carbocycles.